The van der Waals surface area contributed by atoms with Crippen LogP contribution in [0.25, 0.3) is 0 Å². The number of halogens is 1. The molecule has 0 amide bonds. The molecule has 3 atom stereocenters. The van der Waals surface area contributed by atoms with Crippen LogP contribution in [0.2, 0.25) is 18.1 Å². The lowest BCUT2D eigenvalue weighted by atomic mass is 10.1. The molecule has 1 aliphatic heterocycles. The van der Waals surface area contributed by atoms with Crippen molar-refractivity contribution in [3.05, 3.63) is 23.2 Å². The number of hydrogen-bond donors (Lipinski definition) is 0. The molecule has 0 radical (unpaired) electrons. The Kier molecular flexibility index (Phi) is 8.17. The molecule has 0 fully saturated rings. The lowest BCUT2D eigenvalue weighted by Gasteiger charge is -2.39. The van der Waals surface area contributed by atoms with E-state index in [4.69, 9.17) is 18.6 Å². The first-order valence-electron chi connectivity index (χ1n) is 8.11. The van der Waals surface area contributed by atoms with Gasteiger partial charge in [-0.15, -0.1) is 0 Å². The predicted octanol–water partition coefficient (Wildman–Crippen LogP) is 4.62. The van der Waals surface area contributed by atoms with Crippen LogP contribution < -0.4 is 0 Å². The summed E-state index contributed by atoms with van der Waals surface area (Å²) in [7, 11) is -1.83. The summed E-state index contributed by atoms with van der Waals surface area (Å²) in [6.07, 6.45) is 3.22. The molecule has 6 heteroatoms. The average Bonchev–Trinajstić information content (AvgIpc) is 2.43. The van der Waals surface area contributed by atoms with Crippen LogP contribution in [0.4, 0.5) is 0 Å². The van der Waals surface area contributed by atoms with Crippen LogP contribution in [-0.2, 0) is 18.6 Å². The molecule has 1 rings (SSSR count). The molecular formula is C17H31BrO4Si. The van der Waals surface area contributed by atoms with Crippen molar-refractivity contribution in [3.63, 3.8) is 0 Å². The summed E-state index contributed by atoms with van der Waals surface area (Å²) in [5, 5.41) is 0.164. The smallest absolute Gasteiger partial charge is 0.192 e. The number of ether oxygens (including phenoxy) is 3. The fourth-order valence-corrected chi connectivity index (χ4v) is 3.02. The van der Waals surface area contributed by atoms with Crippen molar-refractivity contribution in [3.8, 4) is 0 Å². The van der Waals surface area contributed by atoms with E-state index in [1.807, 2.05) is 19.1 Å². The molecule has 0 aromatic rings. The van der Waals surface area contributed by atoms with Gasteiger partial charge in [-0.2, -0.15) is 0 Å². The van der Waals surface area contributed by atoms with Gasteiger partial charge in [-0.3, -0.25) is 0 Å². The zero-order chi connectivity index (χ0) is 17.7. The van der Waals surface area contributed by atoms with E-state index in [1.165, 1.54) is 0 Å². The molecule has 1 aliphatic rings. The van der Waals surface area contributed by atoms with Crippen LogP contribution in [0.1, 0.15) is 27.7 Å². The van der Waals surface area contributed by atoms with Gasteiger partial charge in [-0.05, 0) is 31.1 Å². The summed E-state index contributed by atoms with van der Waals surface area (Å²) < 4.78 is 24.5. The van der Waals surface area contributed by atoms with Crippen molar-refractivity contribution < 1.29 is 18.6 Å². The molecule has 0 aromatic heterocycles. The van der Waals surface area contributed by atoms with E-state index >= 15 is 0 Å². The molecule has 0 saturated heterocycles. The Bertz CT molecular complexity index is 417. The van der Waals surface area contributed by atoms with Crippen molar-refractivity contribution in [2.24, 2.45) is 0 Å². The fourth-order valence-electron chi connectivity index (χ4n) is 1.87. The SMILES string of the molecule is C=C(Br)CO[C@H]1C=C[C@H](OCC)O[C@@H]1CO[Si](C)(C)C(C)(C)C. The van der Waals surface area contributed by atoms with Crippen LogP contribution in [0.5, 0.6) is 0 Å². The van der Waals surface area contributed by atoms with Gasteiger partial charge in [0.25, 0.3) is 0 Å². The first kappa shape index (κ1) is 21.1. The summed E-state index contributed by atoms with van der Waals surface area (Å²) in [4.78, 5) is 0. The van der Waals surface area contributed by atoms with Gasteiger partial charge in [0.15, 0.2) is 14.6 Å². The zero-order valence-corrected chi connectivity index (χ0v) is 17.8. The molecule has 0 bridgehead atoms. The van der Waals surface area contributed by atoms with E-state index in [-0.39, 0.29) is 23.5 Å². The van der Waals surface area contributed by atoms with E-state index in [9.17, 15) is 0 Å². The normalized spacial score (nSPS) is 25.6. The van der Waals surface area contributed by atoms with Crippen LogP contribution in [0.15, 0.2) is 23.2 Å². The summed E-state index contributed by atoms with van der Waals surface area (Å²) in [6, 6.07) is 0. The zero-order valence-electron chi connectivity index (χ0n) is 15.2. The Balaban J connectivity index is 2.72. The summed E-state index contributed by atoms with van der Waals surface area (Å²) in [6.45, 7) is 18.5. The van der Waals surface area contributed by atoms with Gasteiger partial charge in [-0.25, -0.2) is 0 Å². The van der Waals surface area contributed by atoms with E-state index in [2.05, 4.69) is 56.4 Å². The minimum Gasteiger partial charge on any atom is -0.414 e. The largest absolute Gasteiger partial charge is 0.414 e. The highest BCUT2D eigenvalue weighted by Gasteiger charge is 2.39. The topological polar surface area (TPSA) is 36.9 Å². The Morgan fingerprint density at radius 1 is 1.26 bits per heavy atom. The predicted molar refractivity (Wildman–Crippen MR) is 100 cm³/mol. The van der Waals surface area contributed by atoms with E-state index in [0.29, 0.717) is 19.8 Å². The minimum absolute atomic E-state index is 0.161. The average molecular weight is 407 g/mol. The van der Waals surface area contributed by atoms with Crippen LogP contribution in [0, 0.1) is 0 Å². The molecule has 23 heavy (non-hydrogen) atoms. The molecular weight excluding hydrogens is 376 g/mol. The molecule has 134 valence electrons. The Labute approximate surface area is 150 Å². The molecule has 0 aromatic carbocycles. The van der Waals surface area contributed by atoms with Gasteiger partial charge in [-0.1, -0.05) is 49.4 Å². The maximum atomic E-state index is 6.31. The van der Waals surface area contributed by atoms with Gasteiger partial charge in [0.2, 0.25) is 0 Å². The summed E-state index contributed by atoms with van der Waals surface area (Å²) >= 11 is 3.32. The Hall–Kier alpha value is 0.0169. The summed E-state index contributed by atoms with van der Waals surface area (Å²) in [5.41, 5.74) is 0. The minimum atomic E-state index is -1.83. The maximum absolute atomic E-state index is 6.31. The van der Waals surface area contributed by atoms with Gasteiger partial charge in [0.05, 0.1) is 13.2 Å². The third-order valence-corrected chi connectivity index (χ3v) is 9.04. The molecule has 0 unspecified atom stereocenters. The number of hydrogen-bond acceptors (Lipinski definition) is 4. The molecule has 0 aliphatic carbocycles. The van der Waals surface area contributed by atoms with Crippen molar-refractivity contribution in [1.29, 1.82) is 0 Å². The van der Waals surface area contributed by atoms with Crippen LogP contribution in [0.3, 0.4) is 0 Å². The maximum Gasteiger partial charge on any atom is 0.192 e. The van der Waals surface area contributed by atoms with Crippen LogP contribution in [-0.4, -0.2) is 46.6 Å². The number of rotatable bonds is 8. The van der Waals surface area contributed by atoms with E-state index in [1.54, 1.807) is 0 Å². The lowest BCUT2D eigenvalue weighted by Crippen LogP contribution is -2.47. The second kappa shape index (κ2) is 8.92. The second-order valence-corrected chi connectivity index (χ2v) is 13.2. The summed E-state index contributed by atoms with van der Waals surface area (Å²) in [5.74, 6) is 0. The van der Waals surface area contributed by atoms with Gasteiger partial charge >= 0.3 is 0 Å². The molecule has 4 nitrogen and oxygen atoms in total. The lowest BCUT2D eigenvalue weighted by molar-refractivity contribution is -0.183. The van der Waals surface area contributed by atoms with Gasteiger partial charge in [0, 0.05) is 11.1 Å². The standard InChI is InChI=1S/C17H31BrO4Si/c1-8-19-16-10-9-14(20-11-13(2)18)15(22-16)12-21-23(6,7)17(3,4)5/h9-10,14-16H,2,8,11-12H2,1,3-7H3/t14-,15+,16+/m0/s1. The molecule has 0 spiro atoms. The highest BCUT2D eigenvalue weighted by atomic mass is 79.9. The highest BCUT2D eigenvalue weighted by molar-refractivity contribution is 9.11. The van der Waals surface area contributed by atoms with Crippen molar-refractivity contribution in [2.75, 3.05) is 19.8 Å². The van der Waals surface area contributed by atoms with E-state index in [0.717, 1.165) is 4.48 Å². The van der Waals surface area contributed by atoms with Crippen molar-refractivity contribution in [2.45, 2.75) is 64.3 Å². The third-order valence-electron chi connectivity index (χ3n) is 4.31. The van der Waals surface area contributed by atoms with E-state index < -0.39 is 8.32 Å². The molecule has 0 N–H and O–H groups in total. The highest BCUT2D eigenvalue weighted by Crippen LogP contribution is 2.37. The Morgan fingerprint density at radius 2 is 1.91 bits per heavy atom. The van der Waals surface area contributed by atoms with Gasteiger partial charge in [0.1, 0.15) is 12.2 Å². The Morgan fingerprint density at radius 3 is 2.43 bits per heavy atom. The first-order valence-corrected chi connectivity index (χ1v) is 11.8. The van der Waals surface area contributed by atoms with Crippen LogP contribution >= 0.6 is 15.9 Å². The first-order chi connectivity index (χ1) is 10.6. The third kappa shape index (κ3) is 6.80. The molecule has 0 saturated carbocycles. The van der Waals surface area contributed by atoms with Crippen molar-refractivity contribution in [1.82, 2.24) is 0 Å². The molecule has 1 heterocycles. The van der Waals surface area contributed by atoms with Gasteiger partial charge < -0.3 is 18.6 Å². The van der Waals surface area contributed by atoms with Crippen molar-refractivity contribution >= 4 is 24.2 Å². The fraction of sp³-hybridized carbons (Fsp3) is 0.765. The quantitative estimate of drug-likeness (QED) is 0.435. The monoisotopic (exact) mass is 406 g/mol. The second-order valence-electron chi connectivity index (χ2n) is 7.25.